The van der Waals surface area contributed by atoms with Crippen LogP contribution in [0.15, 0.2) is 42.5 Å². The van der Waals surface area contributed by atoms with Gasteiger partial charge in [0.05, 0.1) is 0 Å². The highest BCUT2D eigenvalue weighted by Crippen LogP contribution is 2.16. The van der Waals surface area contributed by atoms with Crippen molar-refractivity contribution in [3.8, 4) is 5.75 Å². The first-order chi connectivity index (χ1) is 11.8. The SMILES string of the molecule is Cc1cccc(O[C@H](C)C(=O)OCC(=O)Nc2cc(C)ccc2C)c1. The maximum absolute atomic E-state index is 12.0. The van der Waals surface area contributed by atoms with Crippen molar-refractivity contribution >= 4 is 17.6 Å². The average Bonchev–Trinajstić information content (AvgIpc) is 2.56. The normalized spacial score (nSPS) is 11.5. The molecule has 1 N–H and O–H groups in total. The summed E-state index contributed by atoms with van der Waals surface area (Å²) in [6.07, 6.45) is -0.796. The van der Waals surface area contributed by atoms with E-state index >= 15 is 0 Å². The lowest BCUT2D eigenvalue weighted by molar-refractivity contribution is -0.153. The van der Waals surface area contributed by atoms with Crippen LogP contribution in [-0.4, -0.2) is 24.6 Å². The number of carbonyl (C=O) groups is 2. The molecule has 0 fully saturated rings. The van der Waals surface area contributed by atoms with Gasteiger partial charge in [-0.25, -0.2) is 4.79 Å². The fourth-order valence-electron chi connectivity index (χ4n) is 2.25. The minimum absolute atomic E-state index is 0.353. The fourth-order valence-corrected chi connectivity index (χ4v) is 2.25. The van der Waals surface area contributed by atoms with Gasteiger partial charge in [-0.2, -0.15) is 0 Å². The van der Waals surface area contributed by atoms with E-state index in [1.54, 1.807) is 13.0 Å². The first-order valence-corrected chi connectivity index (χ1v) is 8.12. The molecule has 0 saturated carbocycles. The Morgan fingerprint density at radius 3 is 2.48 bits per heavy atom. The summed E-state index contributed by atoms with van der Waals surface area (Å²) in [7, 11) is 0. The largest absolute Gasteiger partial charge is 0.479 e. The van der Waals surface area contributed by atoms with Crippen molar-refractivity contribution in [3.63, 3.8) is 0 Å². The number of anilines is 1. The lowest BCUT2D eigenvalue weighted by atomic mass is 10.1. The number of benzene rings is 2. The average molecular weight is 341 g/mol. The minimum Gasteiger partial charge on any atom is -0.479 e. The molecular weight excluding hydrogens is 318 g/mol. The van der Waals surface area contributed by atoms with E-state index in [9.17, 15) is 9.59 Å². The van der Waals surface area contributed by atoms with Gasteiger partial charge in [-0.1, -0.05) is 24.3 Å². The molecule has 2 aromatic rings. The van der Waals surface area contributed by atoms with Crippen LogP contribution in [0.1, 0.15) is 23.6 Å². The van der Waals surface area contributed by atoms with E-state index in [-0.39, 0.29) is 12.5 Å². The van der Waals surface area contributed by atoms with Crippen LogP contribution < -0.4 is 10.1 Å². The molecule has 5 heteroatoms. The van der Waals surface area contributed by atoms with Crippen LogP contribution in [-0.2, 0) is 14.3 Å². The van der Waals surface area contributed by atoms with Gasteiger partial charge >= 0.3 is 5.97 Å². The van der Waals surface area contributed by atoms with Gasteiger partial charge < -0.3 is 14.8 Å². The van der Waals surface area contributed by atoms with Gasteiger partial charge in [-0.05, 0) is 62.6 Å². The van der Waals surface area contributed by atoms with Crippen LogP contribution >= 0.6 is 0 Å². The predicted molar refractivity (Wildman–Crippen MR) is 96.8 cm³/mol. The number of aryl methyl sites for hydroxylation is 3. The molecule has 132 valence electrons. The third-order valence-electron chi connectivity index (χ3n) is 3.65. The van der Waals surface area contributed by atoms with Gasteiger partial charge in [0.25, 0.3) is 5.91 Å². The first kappa shape index (κ1) is 18.5. The summed E-state index contributed by atoms with van der Waals surface area (Å²) in [5.74, 6) is -0.383. The van der Waals surface area contributed by atoms with Crippen LogP contribution in [0, 0.1) is 20.8 Å². The van der Waals surface area contributed by atoms with E-state index in [0.717, 1.165) is 16.7 Å². The van der Waals surface area contributed by atoms with Gasteiger partial charge in [0, 0.05) is 5.69 Å². The summed E-state index contributed by atoms with van der Waals surface area (Å²) in [5, 5.41) is 2.75. The maximum Gasteiger partial charge on any atom is 0.347 e. The quantitative estimate of drug-likeness (QED) is 0.816. The number of rotatable bonds is 6. The van der Waals surface area contributed by atoms with Crippen molar-refractivity contribution in [2.24, 2.45) is 0 Å². The van der Waals surface area contributed by atoms with E-state index in [2.05, 4.69) is 5.32 Å². The Balaban J connectivity index is 1.84. The Morgan fingerprint density at radius 2 is 1.76 bits per heavy atom. The van der Waals surface area contributed by atoms with E-state index in [0.29, 0.717) is 11.4 Å². The number of hydrogen-bond donors (Lipinski definition) is 1. The van der Waals surface area contributed by atoms with Gasteiger partial charge in [0.15, 0.2) is 12.7 Å². The number of carbonyl (C=O) groups excluding carboxylic acids is 2. The third kappa shape index (κ3) is 5.64. The first-order valence-electron chi connectivity index (χ1n) is 8.12. The third-order valence-corrected chi connectivity index (χ3v) is 3.65. The zero-order valence-electron chi connectivity index (χ0n) is 15.0. The zero-order valence-corrected chi connectivity index (χ0v) is 15.0. The standard InChI is InChI=1S/C20H23NO4/c1-13-6-5-7-17(10-13)25-16(4)20(23)24-12-19(22)21-18-11-14(2)8-9-15(18)3/h5-11,16H,12H2,1-4H3,(H,21,22)/t16-/m1/s1. The molecule has 0 unspecified atom stereocenters. The molecule has 0 radical (unpaired) electrons. The second-order valence-corrected chi connectivity index (χ2v) is 6.05. The van der Waals surface area contributed by atoms with Crippen molar-refractivity contribution in [2.75, 3.05) is 11.9 Å². The second kappa shape index (κ2) is 8.33. The predicted octanol–water partition coefficient (Wildman–Crippen LogP) is 3.56. The van der Waals surface area contributed by atoms with Crippen molar-refractivity contribution in [2.45, 2.75) is 33.8 Å². The minimum atomic E-state index is -0.796. The lowest BCUT2D eigenvalue weighted by Gasteiger charge is -2.14. The highest BCUT2D eigenvalue weighted by molar-refractivity contribution is 5.93. The second-order valence-electron chi connectivity index (χ2n) is 6.05. The van der Waals surface area contributed by atoms with Gasteiger partial charge in [0.1, 0.15) is 5.75 Å². The van der Waals surface area contributed by atoms with Crippen molar-refractivity contribution in [3.05, 3.63) is 59.2 Å². The molecule has 2 rings (SSSR count). The Kier molecular flexibility index (Phi) is 6.17. The summed E-state index contributed by atoms with van der Waals surface area (Å²) in [6, 6.07) is 13.2. The molecule has 0 aliphatic rings. The maximum atomic E-state index is 12.0. The van der Waals surface area contributed by atoms with Gasteiger partial charge in [0.2, 0.25) is 0 Å². The summed E-state index contributed by atoms with van der Waals surface area (Å²) in [5.41, 5.74) is 3.73. The molecule has 0 heterocycles. The van der Waals surface area contributed by atoms with Crippen molar-refractivity contribution in [1.29, 1.82) is 0 Å². The van der Waals surface area contributed by atoms with Crippen LogP contribution in [0.25, 0.3) is 0 Å². The van der Waals surface area contributed by atoms with E-state index in [1.807, 2.05) is 57.2 Å². The van der Waals surface area contributed by atoms with Crippen LogP contribution in [0.3, 0.4) is 0 Å². The van der Waals surface area contributed by atoms with Crippen LogP contribution in [0.4, 0.5) is 5.69 Å². The number of amides is 1. The smallest absolute Gasteiger partial charge is 0.347 e. The topological polar surface area (TPSA) is 64.6 Å². The molecule has 0 aromatic heterocycles. The Morgan fingerprint density at radius 1 is 1.04 bits per heavy atom. The summed E-state index contributed by atoms with van der Waals surface area (Å²) < 4.78 is 10.6. The van der Waals surface area contributed by atoms with Gasteiger partial charge in [-0.15, -0.1) is 0 Å². The molecule has 0 aliphatic heterocycles. The molecule has 0 bridgehead atoms. The molecule has 0 aliphatic carbocycles. The Labute approximate surface area is 148 Å². The molecule has 0 spiro atoms. The van der Waals surface area contributed by atoms with E-state index in [1.165, 1.54) is 0 Å². The molecule has 0 saturated heterocycles. The van der Waals surface area contributed by atoms with Crippen molar-refractivity contribution in [1.82, 2.24) is 0 Å². The Hall–Kier alpha value is -2.82. The van der Waals surface area contributed by atoms with Crippen molar-refractivity contribution < 1.29 is 19.1 Å². The molecule has 2 aromatic carbocycles. The molecule has 1 atom stereocenters. The molecule has 5 nitrogen and oxygen atoms in total. The fraction of sp³-hybridized carbons (Fsp3) is 0.300. The lowest BCUT2D eigenvalue weighted by Crippen LogP contribution is -2.29. The zero-order chi connectivity index (χ0) is 18.4. The number of ether oxygens (including phenoxy) is 2. The highest BCUT2D eigenvalue weighted by atomic mass is 16.6. The van der Waals surface area contributed by atoms with Crippen LogP contribution in [0.2, 0.25) is 0 Å². The van der Waals surface area contributed by atoms with E-state index in [4.69, 9.17) is 9.47 Å². The molecule has 1 amide bonds. The number of hydrogen-bond acceptors (Lipinski definition) is 4. The monoisotopic (exact) mass is 341 g/mol. The summed E-state index contributed by atoms with van der Waals surface area (Å²) >= 11 is 0. The summed E-state index contributed by atoms with van der Waals surface area (Å²) in [6.45, 7) is 7.02. The van der Waals surface area contributed by atoms with Crippen LogP contribution in [0.5, 0.6) is 5.75 Å². The molecule has 25 heavy (non-hydrogen) atoms. The Bertz CT molecular complexity index is 770. The summed E-state index contributed by atoms with van der Waals surface area (Å²) in [4.78, 5) is 24.0. The highest BCUT2D eigenvalue weighted by Gasteiger charge is 2.18. The van der Waals surface area contributed by atoms with E-state index < -0.39 is 12.1 Å². The number of esters is 1. The number of nitrogens with one attached hydrogen (secondary N) is 1. The molecular formula is C20H23NO4. The van der Waals surface area contributed by atoms with Gasteiger partial charge in [-0.3, -0.25) is 4.79 Å².